The van der Waals surface area contributed by atoms with Gasteiger partial charge in [-0.25, -0.2) is 0 Å². The molecule has 0 saturated carbocycles. The molecule has 2 aromatic rings. The summed E-state index contributed by atoms with van der Waals surface area (Å²) in [5, 5.41) is 2.78. The normalized spacial score (nSPS) is 14.6. The SMILES string of the molecule is Cc1ccc(C)c(OCCC(=O)OC(C)C(=O)Nc2ccc(N3CCOCC3)cc2)c1. The Hall–Kier alpha value is -3.06. The molecule has 0 bridgehead atoms. The fourth-order valence-corrected chi connectivity index (χ4v) is 3.24. The second-order valence-corrected chi connectivity index (χ2v) is 7.64. The van der Waals surface area contributed by atoms with Crippen LogP contribution in [0, 0.1) is 13.8 Å². The fraction of sp³-hybridized carbons (Fsp3) is 0.417. The molecular formula is C24H30N2O5. The molecule has 1 unspecified atom stereocenters. The van der Waals surface area contributed by atoms with Gasteiger partial charge < -0.3 is 24.4 Å². The van der Waals surface area contributed by atoms with Crippen molar-refractivity contribution in [3.8, 4) is 5.75 Å². The number of hydrogen-bond acceptors (Lipinski definition) is 6. The van der Waals surface area contributed by atoms with Gasteiger partial charge in [0.1, 0.15) is 5.75 Å². The van der Waals surface area contributed by atoms with Gasteiger partial charge in [0.05, 0.1) is 26.2 Å². The summed E-state index contributed by atoms with van der Waals surface area (Å²) < 4.78 is 16.3. The van der Waals surface area contributed by atoms with Crippen LogP contribution in [0.2, 0.25) is 0 Å². The average Bonchev–Trinajstić information content (AvgIpc) is 2.77. The van der Waals surface area contributed by atoms with E-state index in [0.717, 1.165) is 48.9 Å². The maximum atomic E-state index is 12.4. The van der Waals surface area contributed by atoms with E-state index in [1.807, 2.05) is 56.3 Å². The molecule has 7 heteroatoms. The summed E-state index contributed by atoms with van der Waals surface area (Å²) in [5.74, 6) is -0.0994. The minimum absolute atomic E-state index is 0.0687. The largest absolute Gasteiger partial charge is 0.493 e. The van der Waals surface area contributed by atoms with Crippen LogP contribution >= 0.6 is 0 Å². The molecule has 1 fully saturated rings. The van der Waals surface area contributed by atoms with Crippen molar-refractivity contribution in [3.63, 3.8) is 0 Å². The summed E-state index contributed by atoms with van der Waals surface area (Å²) in [7, 11) is 0. The number of ether oxygens (including phenoxy) is 3. The Morgan fingerprint density at radius 3 is 2.52 bits per heavy atom. The van der Waals surface area contributed by atoms with Gasteiger partial charge >= 0.3 is 5.97 Å². The summed E-state index contributed by atoms with van der Waals surface area (Å²) in [5.41, 5.74) is 3.84. The van der Waals surface area contributed by atoms with E-state index in [4.69, 9.17) is 14.2 Å². The van der Waals surface area contributed by atoms with Crippen molar-refractivity contribution in [2.45, 2.75) is 33.3 Å². The van der Waals surface area contributed by atoms with E-state index in [0.29, 0.717) is 5.69 Å². The monoisotopic (exact) mass is 426 g/mol. The Morgan fingerprint density at radius 1 is 1.10 bits per heavy atom. The zero-order valence-corrected chi connectivity index (χ0v) is 18.3. The van der Waals surface area contributed by atoms with E-state index in [1.54, 1.807) is 6.92 Å². The lowest BCUT2D eigenvalue weighted by Crippen LogP contribution is -2.36. The molecule has 0 aliphatic carbocycles. The van der Waals surface area contributed by atoms with Crippen LogP contribution < -0.4 is 15.0 Å². The third-order valence-electron chi connectivity index (χ3n) is 5.10. The lowest BCUT2D eigenvalue weighted by atomic mass is 10.1. The highest BCUT2D eigenvalue weighted by Gasteiger charge is 2.18. The lowest BCUT2D eigenvalue weighted by molar-refractivity contribution is -0.153. The standard InChI is InChI=1S/C24H30N2O5/c1-17-4-5-18(2)22(16-17)30-13-10-23(27)31-19(3)24(28)25-20-6-8-21(9-7-20)26-11-14-29-15-12-26/h4-9,16,19H,10-15H2,1-3H3,(H,25,28). The van der Waals surface area contributed by atoms with Crippen molar-refractivity contribution < 1.29 is 23.8 Å². The maximum absolute atomic E-state index is 12.4. The van der Waals surface area contributed by atoms with E-state index in [2.05, 4.69) is 10.2 Å². The molecule has 1 aliphatic heterocycles. The summed E-state index contributed by atoms with van der Waals surface area (Å²) in [6, 6.07) is 13.5. The minimum atomic E-state index is -0.896. The highest BCUT2D eigenvalue weighted by atomic mass is 16.5. The van der Waals surface area contributed by atoms with Gasteiger partial charge in [-0.05, 0) is 62.2 Å². The molecule has 0 aromatic heterocycles. The Labute approximate surface area is 183 Å². The number of morpholine rings is 1. The van der Waals surface area contributed by atoms with Crippen LogP contribution in [0.5, 0.6) is 5.75 Å². The van der Waals surface area contributed by atoms with Crippen LogP contribution in [-0.2, 0) is 19.1 Å². The number of hydrogen-bond donors (Lipinski definition) is 1. The first-order valence-corrected chi connectivity index (χ1v) is 10.6. The van der Waals surface area contributed by atoms with E-state index in [9.17, 15) is 9.59 Å². The molecule has 2 aromatic carbocycles. The first-order chi connectivity index (χ1) is 14.9. The smallest absolute Gasteiger partial charge is 0.310 e. The molecule has 3 rings (SSSR count). The van der Waals surface area contributed by atoms with Crippen molar-refractivity contribution in [2.24, 2.45) is 0 Å². The van der Waals surface area contributed by atoms with Crippen LogP contribution in [0.4, 0.5) is 11.4 Å². The molecule has 1 saturated heterocycles. The van der Waals surface area contributed by atoms with Gasteiger partial charge in [0.2, 0.25) is 0 Å². The highest BCUT2D eigenvalue weighted by molar-refractivity contribution is 5.95. The number of nitrogens with one attached hydrogen (secondary N) is 1. The number of rotatable bonds is 8. The Kier molecular flexibility index (Phi) is 7.89. The van der Waals surface area contributed by atoms with Gasteiger partial charge in [0.15, 0.2) is 6.10 Å². The predicted octanol–water partition coefficient (Wildman–Crippen LogP) is 3.48. The molecule has 7 nitrogen and oxygen atoms in total. The summed E-state index contributed by atoms with van der Waals surface area (Å²) >= 11 is 0. The van der Waals surface area contributed by atoms with Crippen molar-refractivity contribution in [1.29, 1.82) is 0 Å². The summed E-state index contributed by atoms with van der Waals surface area (Å²) in [6.45, 7) is 8.83. The van der Waals surface area contributed by atoms with Crippen molar-refractivity contribution in [2.75, 3.05) is 43.1 Å². The average molecular weight is 427 g/mol. The zero-order valence-electron chi connectivity index (χ0n) is 18.3. The Bertz CT molecular complexity index is 891. The number of benzene rings is 2. The van der Waals surface area contributed by atoms with Crippen molar-refractivity contribution >= 4 is 23.3 Å². The van der Waals surface area contributed by atoms with E-state index < -0.39 is 12.1 Å². The maximum Gasteiger partial charge on any atom is 0.310 e. The van der Waals surface area contributed by atoms with E-state index >= 15 is 0 Å². The zero-order chi connectivity index (χ0) is 22.2. The van der Waals surface area contributed by atoms with Crippen LogP contribution in [0.3, 0.4) is 0 Å². The predicted molar refractivity (Wildman–Crippen MR) is 120 cm³/mol. The number of carbonyl (C=O) groups excluding carboxylic acids is 2. The topological polar surface area (TPSA) is 77.1 Å². The Morgan fingerprint density at radius 2 is 1.81 bits per heavy atom. The molecule has 31 heavy (non-hydrogen) atoms. The molecule has 1 heterocycles. The third-order valence-corrected chi connectivity index (χ3v) is 5.10. The molecular weight excluding hydrogens is 396 g/mol. The number of esters is 1. The Balaban J connectivity index is 1.42. The number of nitrogens with zero attached hydrogens (tertiary/aromatic N) is 1. The number of anilines is 2. The third kappa shape index (κ3) is 6.72. The van der Waals surface area contributed by atoms with Gasteiger partial charge in [0.25, 0.3) is 5.91 Å². The number of amides is 1. The summed E-state index contributed by atoms with van der Waals surface area (Å²) in [4.78, 5) is 26.7. The van der Waals surface area contributed by atoms with Crippen molar-refractivity contribution in [1.82, 2.24) is 0 Å². The first kappa shape index (κ1) is 22.6. The van der Waals surface area contributed by atoms with Gasteiger partial charge in [-0.2, -0.15) is 0 Å². The second kappa shape index (κ2) is 10.8. The van der Waals surface area contributed by atoms with Crippen molar-refractivity contribution in [3.05, 3.63) is 53.6 Å². The van der Waals surface area contributed by atoms with Gasteiger partial charge in [-0.3, -0.25) is 9.59 Å². The molecule has 1 atom stereocenters. The lowest BCUT2D eigenvalue weighted by Gasteiger charge is -2.28. The quantitative estimate of drug-likeness (QED) is 0.652. The molecule has 1 amide bonds. The minimum Gasteiger partial charge on any atom is -0.493 e. The van der Waals surface area contributed by atoms with E-state index in [-0.39, 0.29) is 18.9 Å². The first-order valence-electron chi connectivity index (χ1n) is 10.6. The molecule has 0 spiro atoms. The number of carbonyl (C=O) groups is 2. The van der Waals surface area contributed by atoms with Gasteiger partial charge in [-0.15, -0.1) is 0 Å². The molecule has 1 N–H and O–H groups in total. The van der Waals surface area contributed by atoms with Crippen LogP contribution in [0.25, 0.3) is 0 Å². The highest BCUT2D eigenvalue weighted by Crippen LogP contribution is 2.20. The van der Waals surface area contributed by atoms with E-state index in [1.165, 1.54) is 0 Å². The molecule has 1 aliphatic rings. The second-order valence-electron chi connectivity index (χ2n) is 7.64. The number of aryl methyl sites for hydroxylation is 2. The molecule has 166 valence electrons. The van der Waals surface area contributed by atoms with Crippen LogP contribution in [0.1, 0.15) is 24.5 Å². The van der Waals surface area contributed by atoms with Crippen LogP contribution in [-0.4, -0.2) is 50.9 Å². The fourth-order valence-electron chi connectivity index (χ4n) is 3.24. The molecule has 0 radical (unpaired) electrons. The van der Waals surface area contributed by atoms with Gasteiger partial charge in [-0.1, -0.05) is 12.1 Å². The van der Waals surface area contributed by atoms with Gasteiger partial charge in [0, 0.05) is 24.5 Å². The summed E-state index contributed by atoms with van der Waals surface area (Å²) in [6.07, 6.45) is -0.827. The van der Waals surface area contributed by atoms with Crippen LogP contribution in [0.15, 0.2) is 42.5 Å².